The Morgan fingerprint density at radius 3 is 2.45 bits per heavy atom. The first-order chi connectivity index (χ1) is 9.54. The topological polar surface area (TPSA) is 29.1 Å². The number of hydrogen-bond acceptors (Lipinski definition) is 1. The van der Waals surface area contributed by atoms with Crippen molar-refractivity contribution in [3.8, 4) is 0 Å². The van der Waals surface area contributed by atoms with Gasteiger partial charge >= 0.3 is 0 Å². The van der Waals surface area contributed by atoms with Crippen LogP contribution in [0.4, 0.5) is 14.5 Å². The van der Waals surface area contributed by atoms with Gasteiger partial charge in [0.25, 0.3) is 0 Å². The number of amides is 1. The molecular weight excluding hydrogens is 328 g/mol. The fourth-order valence-electron chi connectivity index (χ4n) is 1.90. The number of unbranched alkanes of at least 4 members (excludes halogenated alkanes) is 5. The molecule has 0 unspecified atom stereocenters. The van der Waals surface area contributed by atoms with Gasteiger partial charge in [0.15, 0.2) is 0 Å². The summed E-state index contributed by atoms with van der Waals surface area (Å²) in [7, 11) is 0. The highest BCUT2D eigenvalue weighted by Crippen LogP contribution is 2.23. The van der Waals surface area contributed by atoms with Gasteiger partial charge in [-0.05, 0) is 28.4 Å². The fourth-order valence-corrected chi connectivity index (χ4v) is 2.21. The normalized spacial score (nSPS) is 10.6. The van der Waals surface area contributed by atoms with Crippen LogP contribution in [0.2, 0.25) is 0 Å². The molecule has 5 heteroatoms. The second kappa shape index (κ2) is 9.06. The maximum atomic E-state index is 13.5. The molecule has 0 aliphatic rings. The SMILES string of the molecule is CCCCCCCCC(=O)Nc1cc(F)c(Br)cc1F. The first kappa shape index (κ1) is 17.1. The van der Waals surface area contributed by atoms with Gasteiger partial charge in [-0.1, -0.05) is 39.0 Å². The average molecular weight is 348 g/mol. The van der Waals surface area contributed by atoms with Crippen molar-refractivity contribution in [1.82, 2.24) is 0 Å². The van der Waals surface area contributed by atoms with Crippen molar-refractivity contribution < 1.29 is 13.6 Å². The van der Waals surface area contributed by atoms with Gasteiger partial charge in [0.05, 0.1) is 10.2 Å². The summed E-state index contributed by atoms with van der Waals surface area (Å²) in [6.45, 7) is 2.15. The molecule has 0 aliphatic heterocycles. The van der Waals surface area contributed by atoms with E-state index in [0.29, 0.717) is 6.42 Å². The monoisotopic (exact) mass is 347 g/mol. The minimum atomic E-state index is -0.644. The molecule has 0 bridgehead atoms. The highest BCUT2D eigenvalue weighted by molar-refractivity contribution is 9.10. The van der Waals surface area contributed by atoms with Crippen molar-refractivity contribution in [1.29, 1.82) is 0 Å². The third kappa shape index (κ3) is 5.99. The van der Waals surface area contributed by atoms with Crippen LogP contribution >= 0.6 is 15.9 Å². The number of carbonyl (C=O) groups excluding carboxylic acids is 1. The van der Waals surface area contributed by atoms with Crippen molar-refractivity contribution in [2.45, 2.75) is 51.9 Å². The van der Waals surface area contributed by atoms with E-state index in [1.165, 1.54) is 19.3 Å². The third-order valence-electron chi connectivity index (χ3n) is 3.04. The maximum Gasteiger partial charge on any atom is 0.224 e. The lowest BCUT2D eigenvalue weighted by molar-refractivity contribution is -0.116. The molecule has 1 aromatic rings. The predicted octanol–water partition coefficient (Wildman–Crippen LogP) is 5.42. The summed E-state index contributed by atoms with van der Waals surface area (Å²) < 4.78 is 26.8. The number of nitrogens with one attached hydrogen (secondary N) is 1. The molecule has 20 heavy (non-hydrogen) atoms. The minimum absolute atomic E-state index is 0.0453. The summed E-state index contributed by atoms with van der Waals surface area (Å²) in [4.78, 5) is 11.6. The number of hydrogen-bond donors (Lipinski definition) is 1. The van der Waals surface area contributed by atoms with Crippen LogP contribution < -0.4 is 5.32 Å². The van der Waals surface area contributed by atoms with E-state index >= 15 is 0 Å². The van der Waals surface area contributed by atoms with E-state index in [9.17, 15) is 13.6 Å². The maximum absolute atomic E-state index is 13.5. The minimum Gasteiger partial charge on any atom is -0.324 e. The Bertz CT molecular complexity index is 452. The van der Waals surface area contributed by atoms with Crippen molar-refractivity contribution in [3.63, 3.8) is 0 Å². The molecule has 0 aliphatic carbocycles. The molecule has 0 heterocycles. The van der Waals surface area contributed by atoms with E-state index in [1.807, 2.05) is 0 Å². The van der Waals surface area contributed by atoms with E-state index in [2.05, 4.69) is 28.2 Å². The molecule has 0 saturated carbocycles. The standard InChI is InChI=1S/C15H20BrF2NO/c1-2-3-4-5-6-7-8-15(20)19-14-10-12(17)11(16)9-13(14)18/h9-10H,2-8H2,1H3,(H,19,20). The molecule has 0 atom stereocenters. The molecule has 0 radical (unpaired) electrons. The van der Waals surface area contributed by atoms with E-state index < -0.39 is 11.6 Å². The van der Waals surface area contributed by atoms with Gasteiger partial charge in [-0.25, -0.2) is 8.78 Å². The van der Waals surface area contributed by atoms with Gasteiger partial charge in [0, 0.05) is 12.5 Å². The first-order valence-corrected chi connectivity index (χ1v) is 7.78. The number of rotatable bonds is 8. The second-order valence-electron chi connectivity index (χ2n) is 4.81. The molecule has 0 saturated heterocycles. The highest BCUT2D eigenvalue weighted by atomic mass is 79.9. The number of anilines is 1. The molecule has 0 spiro atoms. The smallest absolute Gasteiger partial charge is 0.224 e. The van der Waals surface area contributed by atoms with Crippen LogP contribution in [-0.2, 0) is 4.79 Å². The summed E-state index contributed by atoms with van der Waals surface area (Å²) in [6.07, 6.45) is 6.81. The van der Waals surface area contributed by atoms with Gasteiger partial charge in [-0.2, -0.15) is 0 Å². The highest BCUT2D eigenvalue weighted by Gasteiger charge is 2.10. The predicted molar refractivity (Wildman–Crippen MR) is 80.7 cm³/mol. The van der Waals surface area contributed by atoms with Crippen LogP contribution in [-0.4, -0.2) is 5.91 Å². The quantitative estimate of drug-likeness (QED) is 0.493. The van der Waals surface area contributed by atoms with Crippen molar-refractivity contribution in [3.05, 3.63) is 28.2 Å². The van der Waals surface area contributed by atoms with Crippen LogP contribution in [0.15, 0.2) is 16.6 Å². The number of benzene rings is 1. The largest absolute Gasteiger partial charge is 0.324 e. The molecule has 1 N–H and O–H groups in total. The van der Waals surface area contributed by atoms with E-state index in [-0.39, 0.29) is 16.1 Å². The third-order valence-corrected chi connectivity index (χ3v) is 3.65. The molecule has 1 amide bonds. The Labute approximate surface area is 127 Å². The second-order valence-corrected chi connectivity index (χ2v) is 5.67. The van der Waals surface area contributed by atoms with Gasteiger partial charge in [0.1, 0.15) is 11.6 Å². The van der Waals surface area contributed by atoms with Crippen molar-refractivity contribution in [2.24, 2.45) is 0 Å². The summed E-state index contributed by atoms with van der Waals surface area (Å²) in [5, 5.41) is 2.41. The zero-order valence-electron chi connectivity index (χ0n) is 11.6. The van der Waals surface area contributed by atoms with Crippen molar-refractivity contribution in [2.75, 3.05) is 5.32 Å². The van der Waals surface area contributed by atoms with Crippen LogP contribution in [0.3, 0.4) is 0 Å². The van der Waals surface area contributed by atoms with Gasteiger partial charge in [-0.3, -0.25) is 4.79 Å². The lowest BCUT2D eigenvalue weighted by Crippen LogP contribution is -2.12. The Morgan fingerprint density at radius 2 is 1.75 bits per heavy atom. The molecule has 0 aromatic heterocycles. The van der Waals surface area contributed by atoms with Crippen LogP contribution in [0.1, 0.15) is 51.9 Å². The summed E-state index contributed by atoms with van der Waals surface area (Å²) in [5.41, 5.74) is -0.110. The lowest BCUT2D eigenvalue weighted by Gasteiger charge is -2.07. The molecule has 112 valence electrons. The Kier molecular flexibility index (Phi) is 7.73. The number of halogens is 3. The van der Waals surface area contributed by atoms with Crippen LogP contribution in [0.25, 0.3) is 0 Å². The first-order valence-electron chi connectivity index (χ1n) is 6.99. The lowest BCUT2D eigenvalue weighted by atomic mass is 10.1. The molecule has 1 aromatic carbocycles. The Hall–Kier alpha value is -0.970. The van der Waals surface area contributed by atoms with Crippen molar-refractivity contribution >= 4 is 27.5 Å². The van der Waals surface area contributed by atoms with Gasteiger partial charge in [0.2, 0.25) is 5.91 Å². The zero-order valence-corrected chi connectivity index (χ0v) is 13.2. The number of carbonyl (C=O) groups is 1. The fraction of sp³-hybridized carbons (Fsp3) is 0.533. The molecule has 1 rings (SSSR count). The van der Waals surface area contributed by atoms with E-state index in [1.54, 1.807) is 0 Å². The van der Waals surface area contributed by atoms with Gasteiger partial charge < -0.3 is 5.32 Å². The Balaban J connectivity index is 2.34. The zero-order chi connectivity index (χ0) is 15.0. The summed E-state index contributed by atoms with van der Waals surface area (Å²) >= 11 is 2.89. The van der Waals surface area contributed by atoms with Crippen LogP contribution in [0.5, 0.6) is 0 Å². The van der Waals surface area contributed by atoms with Gasteiger partial charge in [-0.15, -0.1) is 0 Å². The molecule has 0 fully saturated rings. The summed E-state index contributed by atoms with van der Waals surface area (Å²) in [5.74, 6) is -1.52. The van der Waals surface area contributed by atoms with Crippen LogP contribution in [0, 0.1) is 11.6 Å². The molecular formula is C15H20BrF2NO. The summed E-state index contributed by atoms with van der Waals surface area (Å²) in [6, 6.07) is 1.99. The molecule has 2 nitrogen and oxygen atoms in total. The Morgan fingerprint density at radius 1 is 1.10 bits per heavy atom. The van der Waals surface area contributed by atoms with E-state index in [4.69, 9.17) is 0 Å². The average Bonchev–Trinajstić information content (AvgIpc) is 2.40. The van der Waals surface area contributed by atoms with E-state index in [0.717, 1.165) is 31.4 Å².